The molecule has 110 valence electrons. The molecular formula is C16H12FN3O2. The predicted molar refractivity (Wildman–Crippen MR) is 79.0 cm³/mol. The lowest BCUT2D eigenvalue weighted by molar-refractivity contribution is -0.385. The zero-order valence-electron chi connectivity index (χ0n) is 11.5. The van der Waals surface area contributed by atoms with Gasteiger partial charge in [-0.05, 0) is 36.2 Å². The smallest absolute Gasteiger partial charge is 0.287 e. The average Bonchev–Trinajstić information content (AvgIpc) is 3.26. The molecule has 1 saturated carbocycles. The number of nitriles is 1. The van der Waals surface area contributed by atoms with E-state index in [4.69, 9.17) is 5.26 Å². The Morgan fingerprint density at radius 1 is 1.27 bits per heavy atom. The Hall–Kier alpha value is -2.94. The Balaban J connectivity index is 1.72. The van der Waals surface area contributed by atoms with Gasteiger partial charge in [0.25, 0.3) is 5.69 Å². The van der Waals surface area contributed by atoms with Crippen LogP contribution < -0.4 is 5.32 Å². The molecule has 0 spiro atoms. The fourth-order valence-corrected chi connectivity index (χ4v) is 2.52. The van der Waals surface area contributed by atoms with Crippen molar-refractivity contribution in [3.05, 3.63) is 69.5 Å². The van der Waals surface area contributed by atoms with Crippen LogP contribution in [0, 0.1) is 27.3 Å². The largest absolute Gasteiger partial charge is 0.382 e. The van der Waals surface area contributed by atoms with Gasteiger partial charge in [0.2, 0.25) is 0 Å². The molecule has 0 aromatic heterocycles. The van der Waals surface area contributed by atoms with Crippen molar-refractivity contribution in [2.24, 2.45) is 0 Å². The lowest BCUT2D eigenvalue weighted by Crippen LogP contribution is -2.05. The number of anilines is 1. The normalized spacial score (nSPS) is 19.3. The summed E-state index contributed by atoms with van der Waals surface area (Å²) in [6.45, 7) is 0. The summed E-state index contributed by atoms with van der Waals surface area (Å²) in [5, 5.41) is 23.0. The molecule has 0 amide bonds. The maximum absolute atomic E-state index is 12.9. The highest BCUT2D eigenvalue weighted by atomic mass is 19.1. The topological polar surface area (TPSA) is 79.0 Å². The van der Waals surface area contributed by atoms with E-state index in [1.807, 2.05) is 6.07 Å². The number of halogens is 1. The average molecular weight is 297 g/mol. The Bertz CT molecular complexity index is 768. The van der Waals surface area contributed by atoms with Crippen LogP contribution in [0.1, 0.15) is 23.5 Å². The molecule has 0 radical (unpaired) electrons. The van der Waals surface area contributed by atoms with Gasteiger partial charge >= 0.3 is 0 Å². The summed E-state index contributed by atoms with van der Waals surface area (Å²) in [6.07, 6.45) is 0.907. The standard InChI is InChI=1S/C16H12FN3O2/c17-12-3-1-10(2-4-12)14-8-15(14)19-13-5-6-16(20(21)22)11(7-13)9-18/h1-7,14-15,19H,8H2/t14-,15+/m0/s1. The summed E-state index contributed by atoms with van der Waals surface area (Å²) in [5.74, 6) is 0.0317. The molecule has 0 bridgehead atoms. The molecular weight excluding hydrogens is 285 g/mol. The summed E-state index contributed by atoms with van der Waals surface area (Å²) >= 11 is 0. The highest BCUT2D eigenvalue weighted by Crippen LogP contribution is 2.43. The van der Waals surface area contributed by atoms with E-state index in [1.54, 1.807) is 18.2 Å². The summed E-state index contributed by atoms with van der Waals surface area (Å²) in [6, 6.07) is 12.8. The molecule has 2 atom stereocenters. The molecule has 3 rings (SSSR count). The van der Waals surface area contributed by atoms with Crippen LogP contribution in [0.3, 0.4) is 0 Å². The number of benzene rings is 2. The third-order valence-electron chi connectivity index (χ3n) is 3.75. The molecule has 1 N–H and O–H groups in total. The lowest BCUT2D eigenvalue weighted by Gasteiger charge is -2.07. The third kappa shape index (κ3) is 2.74. The van der Waals surface area contributed by atoms with Gasteiger partial charge in [-0.25, -0.2) is 4.39 Å². The molecule has 1 aliphatic rings. The maximum atomic E-state index is 12.9. The van der Waals surface area contributed by atoms with E-state index >= 15 is 0 Å². The second-order valence-electron chi connectivity index (χ2n) is 5.25. The van der Waals surface area contributed by atoms with E-state index in [9.17, 15) is 14.5 Å². The number of nitro groups is 1. The van der Waals surface area contributed by atoms with Gasteiger partial charge in [-0.15, -0.1) is 0 Å². The van der Waals surface area contributed by atoms with Crippen molar-refractivity contribution in [2.45, 2.75) is 18.4 Å². The van der Waals surface area contributed by atoms with E-state index in [-0.39, 0.29) is 23.1 Å². The third-order valence-corrected chi connectivity index (χ3v) is 3.75. The van der Waals surface area contributed by atoms with Gasteiger partial charge in [0.15, 0.2) is 0 Å². The van der Waals surface area contributed by atoms with Crippen molar-refractivity contribution in [2.75, 3.05) is 5.32 Å². The van der Waals surface area contributed by atoms with Crippen molar-refractivity contribution >= 4 is 11.4 Å². The number of nitro benzene ring substituents is 1. The van der Waals surface area contributed by atoms with Crippen LogP contribution in [0.4, 0.5) is 15.8 Å². The monoisotopic (exact) mass is 297 g/mol. The van der Waals surface area contributed by atoms with Gasteiger partial charge in [0.1, 0.15) is 17.4 Å². The van der Waals surface area contributed by atoms with Crippen molar-refractivity contribution in [1.29, 1.82) is 5.26 Å². The fraction of sp³-hybridized carbons (Fsp3) is 0.188. The first-order chi connectivity index (χ1) is 10.6. The Kier molecular flexibility index (Phi) is 3.47. The van der Waals surface area contributed by atoms with Crippen LogP contribution in [0.5, 0.6) is 0 Å². The van der Waals surface area contributed by atoms with Crippen LogP contribution in [0.15, 0.2) is 42.5 Å². The molecule has 0 saturated heterocycles. The zero-order chi connectivity index (χ0) is 15.7. The Labute approximate surface area is 126 Å². The number of rotatable bonds is 4. The molecule has 5 nitrogen and oxygen atoms in total. The quantitative estimate of drug-likeness (QED) is 0.691. The van der Waals surface area contributed by atoms with E-state index in [2.05, 4.69) is 5.32 Å². The second kappa shape index (κ2) is 5.45. The van der Waals surface area contributed by atoms with Gasteiger partial charge < -0.3 is 5.32 Å². The maximum Gasteiger partial charge on any atom is 0.287 e. The first-order valence-corrected chi connectivity index (χ1v) is 6.79. The number of nitrogens with zero attached hydrogens (tertiary/aromatic N) is 2. The van der Waals surface area contributed by atoms with E-state index in [0.29, 0.717) is 11.6 Å². The second-order valence-corrected chi connectivity index (χ2v) is 5.25. The minimum absolute atomic E-state index is 0.0361. The van der Waals surface area contributed by atoms with Crippen LogP contribution in [0.2, 0.25) is 0 Å². The van der Waals surface area contributed by atoms with Gasteiger partial charge in [0.05, 0.1) is 4.92 Å². The minimum Gasteiger partial charge on any atom is -0.382 e. The molecule has 2 aromatic carbocycles. The van der Waals surface area contributed by atoms with Crippen LogP contribution in [-0.2, 0) is 0 Å². The summed E-state index contributed by atoms with van der Waals surface area (Å²) in [5.41, 5.74) is 1.57. The summed E-state index contributed by atoms with van der Waals surface area (Å²) in [4.78, 5) is 10.2. The first-order valence-electron chi connectivity index (χ1n) is 6.79. The summed E-state index contributed by atoms with van der Waals surface area (Å²) < 4.78 is 12.9. The number of hydrogen-bond donors (Lipinski definition) is 1. The Morgan fingerprint density at radius 3 is 2.64 bits per heavy atom. The van der Waals surface area contributed by atoms with Gasteiger partial charge in [0, 0.05) is 23.7 Å². The first kappa shape index (κ1) is 14.0. The summed E-state index contributed by atoms with van der Waals surface area (Å²) in [7, 11) is 0. The number of hydrogen-bond acceptors (Lipinski definition) is 4. The minimum atomic E-state index is -0.569. The Morgan fingerprint density at radius 2 is 2.00 bits per heavy atom. The molecule has 0 aliphatic heterocycles. The van der Waals surface area contributed by atoms with Gasteiger partial charge in [-0.1, -0.05) is 12.1 Å². The van der Waals surface area contributed by atoms with E-state index in [0.717, 1.165) is 12.0 Å². The molecule has 6 heteroatoms. The van der Waals surface area contributed by atoms with Crippen LogP contribution in [0.25, 0.3) is 0 Å². The van der Waals surface area contributed by atoms with Crippen molar-refractivity contribution in [3.8, 4) is 6.07 Å². The highest BCUT2D eigenvalue weighted by Gasteiger charge is 2.38. The van der Waals surface area contributed by atoms with Crippen molar-refractivity contribution in [3.63, 3.8) is 0 Å². The van der Waals surface area contributed by atoms with Crippen LogP contribution >= 0.6 is 0 Å². The lowest BCUT2D eigenvalue weighted by atomic mass is 10.1. The molecule has 0 unspecified atom stereocenters. The van der Waals surface area contributed by atoms with Gasteiger partial charge in [-0.2, -0.15) is 5.26 Å². The van der Waals surface area contributed by atoms with Crippen molar-refractivity contribution in [1.82, 2.24) is 0 Å². The fourth-order valence-electron chi connectivity index (χ4n) is 2.52. The van der Waals surface area contributed by atoms with Gasteiger partial charge in [-0.3, -0.25) is 10.1 Å². The molecule has 0 heterocycles. The van der Waals surface area contributed by atoms with E-state index in [1.165, 1.54) is 24.3 Å². The zero-order valence-corrected chi connectivity index (χ0v) is 11.5. The molecule has 22 heavy (non-hydrogen) atoms. The van der Waals surface area contributed by atoms with Crippen molar-refractivity contribution < 1.29 is 9.31 Å². The SMILES string of the molecule is N#Cc1cc(N[C@@H]2C[C@H]2c2ccc(F)cc2)ccc1[N+](=O)[O-]. The molecule has 1 fully saturated rings. The predicted octanol–water partition coefficient (Wildman–Crippen LogP) is 3.57. The van der Waals surface area contributed by atoms with Crippen LogP contribution in [-0.4, -0.2) is 11.0 Å². The molecule has 2 aromatic rings. The van der Waals surface area contributed by atoms with E-state index < -0.39 is 4.92 Å². The highest BCUT2D eigenvalue weighted by molar-refractivity contribution is 5.59. The molecule has 1 aliphatic carbocycles. The number of nitrogens with one attached hydrogen (secondary N) is 1.